The van der Waals surface area contributed by atoms with Crippen molar-refractivity contribution in [2.75, 3.05) is 6.61 Å². The van der Waals surface area contributed by atoms with Crippen molar-refractivity contribution >= 4 is 17.9 Å². The summed E-state index contributed by atoms with van der Waals surface area (Å²) in [5, 5.41) is 0. The van der Waals surface area contributed by atoms with Gasteiger partial charge in [0.15, 0.2) is 12.2 Å². The molecule has 7 nitrogen and oxygen atoms in total. The molecule has 0 aromatic rings. The third kappa shape index (κ3) is 2.42. The Balaban J connectivity index is 1.47. The Bertz CT molecular complexity index is 511. The molecule has 0 N–H and O–H groups in total. The minimum absolute atomic E-state index is 0.0585. The van der Waals surface area contributed by atoms with Gasteiger partial charge in [0, 0.05) is 5.57 Å². The van der Waals surface area contributed by atoms with Crippen molar-refractivity contribution in [2.24, 2.45) is 5.92 Å². The van der Waals surface area contributed by atoms with Crippen LogP contribution in [-0.4, -0.2) is 48.9 Å². The molecule has 114 valence electrons. The summed E-state index contributed by atoms with van der Waals surface area (Å²) in [6.07, 6.45) is -1.15. The number of carbonyl (C=O) groups is 3. The van der Waals surface area contributed by atoms with Gasteiger partial charge in [-0.25, -0.2) is 4.79 Å². The van der Waals surface area contributed by atoms with Crippen LogP contribution in [0.5, 0.6) is 0 Å². The van der Waals surface area contributed by atoms with E-state index in [0.717, 1.165) is 0 Å². The van der Waals surface area contributed by atoms with Crippen molar-refractivity contribution in [2.45, 2.75) is 44.2 Å². The minimum Gasteiger partial charge on any atom is -0.462 e. The lowest BCUT2D eigenvalue weighted by Crippen LogP contribution is -2.40. The first kappa shape index (κ1) is 14.1. The van der Waals surface area contributed by atoms with Crippen LogP contribution in [0.1, 0.15) is 19.8 Å². The van der Waals surface area contributed by atoms with Crippen LogP contribution in [0.3, 0.4) is 0 Å². The van der Waals surface area contributed by atoms with Crippen molar-refractivity contribution in [3.8, 4) is 0 Å². The first-order valence-corrected chi connectivity index (χ1v) is 6.85. The smallest absolute Gasteiger partial charge is 0.333 e. The lowest BCUT2D eigenvalue weighted by molar-refractivity contribution is -0.162. The number of hydrogen-bond acceptors (Lipinski definition) is 7. The summed E-state index contributed by atoms with van der Waals surface area (Å²) in [7, 11) is 0. The van der Waals surface area contributed by atoms with Gasteiger partial charge in [-0.1, -0.05) is 6.58 Å². The van der Waals surface area contributed by atoms with Crippen LogP contribution in [0.4, 0.5) is 0 Å². The normalized spacial score (nSPS) is 35.5. The lowest BCUT2D eigenvalue weighted by Gasteiger charge is -2.22. The second-order valence-electron chi connectivity index (χ2n) is 5.50. The Morgan fingerprint density at radius 3 is 2.86 bits per heavy atom. The molecule has 3 heterocycles. The van der Waals surface area contributed by atoms with Gasteiger partial charge in [-0.15, -0.1) is 0 Å². The molecule has 0 spiro atoms. The van der Waals surface area contributed by atoms with Crippen LogP contribution in [0.25, 0.3) is 0 Å². The van der Waals surface area contributed by atoms with Gasteiger partial charge in [-0.05, 0) is 13.3 Å². The molecule has 3 aliphatic rings. The first-order chi connectivity index (χ1) is 9.97. The fraction of sp³-hybridized carbons (Fsp3) is 0.643. The van der Waals surface area contributed by atoms with E-state index in [1.807, 2.05) is 0 Å². The molecule has 0 amide bonds. The van der Waals surface area contributed by atoms with E-state index in [1.165, 1.54) is 6.92 Å². The van der Waals surface area contributed by atoms with Gasteiger partial charge in [0.25, 0.3) is 0 Å². The third-order valence-electron chi connectivity index (χ3n) is 3.94. The summed E-state index contributed by atoms with van der Waals surface area (Å²) < 4.78 is 20.9. The predicted molar refractivity (Wildman–Crippen MR) is 66.9 cm³/mol. The van der Waals surface area contributed by atoms with Crippen molar-refractivity contribution < 1.29 is 33.3 Å². The van der Waals surface area contributed by atoms with E-state index in [2.05, 4.69) is 6.58 Å². The number of carbonyl (C=O) groups excluding carboxylic acids is 3. The van der Waals surface area contributed by atoms with Crippen LogP contribution >= 0.6 is 0 Å². The minimum atomic E-state index is -0.554. The van der Waals surface area contributed by atoms with E-state index < -0.39 is 24.1 Å². The molecule has 5 unspecified atom stereocenters. The van der Waals surface area contributed by atoms with Gasteiger partial charge in [0.05, 0.1) is 18.4 Å². The third-order valence-corrected chi connectivity index (χ3v) is 3.94. The summed E-state index contributed by atoms with van der Waals surface area (Å²) in [6.45, 7) is 4.89. The van der Waals surface area contributed by atoms with Crippen LogP contribution < -0.4 is 0 Å². The van der Waals surface area contributed by atoms with E-state index in [-0.39, 0.29) is 42.7 Å². The molecule has 0 aromatic heterocycles. The Hall–Kier alpha value is -1.89. The summed E-state index contributed by atoms with van der Waals surface area (Å²) in [5.41, 5.74) is 0.272. The summed E-state index contributed by atoms with van der Waals surface area (Å²) in [4.78, 5) is 34.4. The number of rotatable bonds is 5. The van der Waals surface area contributed by atoms with Gasteiger partial charge in [0.2, 0.25) is 0 Å². The van der Waals surface area contributed by atoms with Gasteiger partial charge in [-0.2, -0.15) is 0 Å². The van der Waals surface area contributed by atoms with Gasteiger partial charge < -0.3 is 18.9 Å². The standard InChI is InChI=1S/C14H16O7/c1-6(2)13(16)18-4-3-9(15)20-11-8-5-7-10(19-8)12(11)21-14(7)17/h7-8,10-12H,1,3-5H2,2H3. The van der Waals surface area contributed by atoms with Gasteiger partial charge >= 0.3 is 17.9 Å². The largest absolute Gasteiger partial charge is 0.462 e. The Morgan fingerprint density at radius 2 is 2.14 bits per heavy atom. The predicted octanol–water partition coefficient (Wildman–Crippen LogP) is 0.120. The van der Waals surface area contributed by atoms with Crippen LogP contribution in [0.2, 0.25) is 0 Å². The summed E-state index contributed by atoms with van der Waals surface area (Å²) in [6, 6.07) is 0. The molecule has 3 aliphatic heterocycles. The molecule has 0 aliphatic carbocycles. The second-order valence-corrected chi connectivity index (χ2v) is 5.50. The molecule has 3 saturated heterocycles. The maximum absolute atomic E-state index is 11.8. The zero-order valence-electron chi connectivity index (χ0n) is 11.6. The van der Waals surface area contributed by atoms with Crippen molar-refractivity contribution in [3.63, 3.8) is 0 Å². The molecule has 7 heteroatoms. The molecule has 3 rings (SSSR count). The topological polar surface area (TPSA) is 88.1 Å². The number of ether oxygens (including phenoxy) is 4. The van der Waals surface area contributed by atoms with E-state index in [1.54, 1.807) is 0 Å². The molecule has 21 heavy (non-hydrogen) atoms. The number of fused-ring (bicyclic) bond motifs is 1. The summed E-state index contributed by atoms with van der Waals surface area (Å²) >= 11 is 0. The molecule has 2 bridgehead atoms. The Morgan fingerprint density at radius 1 is 1.38 bits per heavy atom. The second kappa shape index (κ2) is 5.14. The average Bonchev–Trinajstić information content (AvgIpc) is 3.03. The van der Waals surface area contributed by atoms with Crippen LogP contribution in [-0.2, 0) is 33.3 Å². The number of hydrogen-bond donors (Lipinski definition) is 0. The lowest BCUT2D eigenvalue weighted by atomic mass is 9.88. The SMILES string of the molecule is C=C(C)C(=O)OCCC(=O)OC1C2CC3C(=O)OC1C3O2. The highest BCUT2D eigenvalue weighted by atomic mass is 16.7. The van der Waals surface area contributed by atoms with Crippen molar-refractivity contribution in [1.82, 2.24) is 0 Å². The Labute approximate surface area is 121 Å². The quantitative estimate of drug-likeness (QED) is 0.404. The van der Waals surface area contributed by atoms with Gasteiger partial charge in [0.1, 0.15) is 12.7 Å². The van der Waals surface area contributed by atoms with Crippen molar-refractivity contribution in [1.29, 1.82) is 0 Å². The van der Waals surface area contributed by atoms with Crippen LogP contribution in [0.15, 0.2) is 12.2 Å². The maximum Gasteiger partial charge on any atom is 0.333 e. The molecule has 5 atom stereocenters. The van der Waals surface area contributed by atoms with E-state index >= 15 is 0 Å². The molecule has 0 radical (unpaired) electrons. The van der Waals surface area contributed by atoms with E-state index in [0.29, 0.717) is 6.42 Å². The molecule has 0 aromatic carbocycles. The van der Waals surface area contributed by atoms with E-state index in [9.17, 15) is 14.4 Å². The first-order valence-electron chi connectivity index (χ1n) is 6.85. The zero-order valence-corrected chi connectivity index (χ0v) is 11.6. The van der Waals surface area contributed by atoms with Crippen LogP contribution in [0, 0.1) is 5.92 Å². The van der Waals surface area contributed by atoms with E-state index in [4.69, 9.17) is 18.9 Å². The Kier molecular flexibility index (Phi) is 3.44. The highest BCUT2D eigenvalue weighted by Gasteiger charge is 2.65. The maximum atomic E-state index is 11.8. The highest BCUT2D eigenvalue weighted by molar-refractivity contribution is 5.87. The zero-order chi connectivity index (χ0) is 15.1. The molecule has 3 fully saturated rings. The summed E-state index contributed by atoms with van der Waals surface area (Å²) in [5.74, 6) is -1.54. The highest BCUT2D eigenvalue weighted by Crippen LogP contribution is 2.47. The molecule has 0 saturated carbocycles. The monoisotopic (exact) mass is 296 g/mol. The molecular weight excluding hydrogens is 280 g/mol. The molecular formula is C14H16O7. The number of esters is 3. The average molecular weight is 296 g/mol. The van der Waals surface area contributed by atoms with Gasteiger partial charge in [-0.3, -0.25) is 9.59 Å². The van der Waals surface area contributed by atoms with Crippen molar-refractivity contribution in [3.05, 3.63) is 12.2 Å². The fourth-order valence-corrected chi connectivity index (χ4v) is 2.94. The fourth-order valence-electron chi connectivity index (χ4n) is 2.94.